The number of ketones is 2. The number of phenolic OH excluding ortho intramolecular Hbond substituents is 2. The third kappa shape index (κ3) is 6.78. The molecule has 1 saturated heterocycles. The number of hydrogen-bond acceptors (Lipinski definition) is 7. The summed E-state index contributed by atoms with van der Waals surface area (Å²) < 4.78 is 10.5. The Hall–Kier alpha value is -3.06. The van der Waals surface area contributed by atoms with Crippen LogP contribution in [0.4, 0.5) is 0 Å². The number of Topliss-reactive ketones (excluding diaryl/α,β-unsaturated/α-hetero) is 2. The van der Waals surface area contributed by atoms with Gasteiger partial charge in [0.15, 0.2) is 23.0 Å². The van der Waals surface area contributed by atoms with E-state index in [-0.39, 0.29) is 35.9 Å². The number of nitrogens with zero attached hydrogens (tertiary/aromatic N) is 1. The lowest BCUT2D eigenvalue weighted by Gasteiger charge is -2.27. The number of aromatic hydroxyl groups is 2. The van der Waals surface area contributed by atoms with Crippen molar-refractivity contribution in [1.82, 2.24) is 4.90 Å². The molecule has 2 aromatic rings. The summed E-state index contributed by atoms with van der Waals surface area (Å²) in [6.07, 6.45) is 4.94. The van der Waals surface area contributed by atoms with Gasteiger partial charge in [-0.3, -0.25) is 14.5 Å². The molecule has 36 heavy (non-hydrogen) atoms. The Bertz CT molecular complexity index is 1070. The standard InChI is InChI=1S/C29H39NO6/c1-29(2,26(32)12-9-20-8-11-23(31)24(17-20)35-3)27(33)13-10-21-16-22(28(34)25(18-21)36-4)19-30-14-6-5-7-15-30/h8,11,16-18,31,34H,5-7,9-10,12-15,19H2,1-4H3. The molecule has 196 valence electrons. The summed E-state index contributed by atoms with van der Waals surface area (Å²) in [5.74, 6) is 0.743. The number of hydrogen-bond donors (Lipinski definition) is 2. The van der Waals surface area contributed by atoms with Crippen LogP contribution in [-0.4, -0.2) is 54.0 Å². The van der Waals surface area contributed by atoms with Crippen molar-refractivity contribution in [3.63, 3.8) is 0 Å². The minimum atomic E-state index is -1.10. The molecule has 0 amide bonds. The van der Waals surface area contributed by atoms with Gasteiger partial charge in [-0.15, -0.1) is 0 Å². The smallest absolute Gasteiger partial charge is 0.162 e. The maximum atomic E-state index is 13.1. The molecule has 0 bridgehead atoms. The van der Waals surface area contributed by atoms with Crippen molar-refractivity contribution in [2.24, 2.45) is 5.41 Å². The summed E-state index contributed by atoms with van der Waals surface area (Å²) in [5.41, 5.74) is 1.47. The fourth-order valence-electron chi connectivity index (χ4n) is 4.68. The topological polar surface area (TPSA) is 96.3 Å². The number of phenols is 2. The van der Waals surface area contributed by atoms with Gasteiger partial charge in [-0.25, -0.2) is 0 Å². The van der Waals surface area contributed by atoms with Gasteiger partial charge in [0, 0.05) is 24.9 Å². The van der Waals surface area contributed by atoms with Crippen LogP contribution in [-0.2, 0) is 29.0 Å². The predicted octanol–water partition coefficient (Wildman–Crippen LogP) is 4.83. The molecule has 0 atom stereocenters. The second kappa shape index (κ2) is 12.3. The molecule has 0 aliphatic carbocycles. The van der Waals surface area contributed by atoms with E-state index in [0.717, 1.165) is 42.6 Å². The highest BCUT2D eigenvalue weighted by Crippen LogP contribution is 2.34. The van der Waals surface area contributed by atoms with E-state index >= 15 is 0 Å². The Balaban J connectivity index is 1.62. The molecular formula is C29H39NO6. The third-order valence-electron chi connectivity index (χ3n) is 7.20. The van der Waals surface area contributed by atoms with E-state index in [0.29, 0.717) is 30.9 Å². The largest absolute Gasteiger partial charge is 0.504 e. The van der Waals surface area contributed by atoms with Crippen LogP contribution >= 0.6 is 0 Å². The maximum Gasteiger partial charge on any atom is 0.162 e. The van der Waals surface area contributed by atoms with Crippen LogP contribution in [0.3, 0.4) is 0 Å². The highest BCUT2D eigenvalue weighted by Gasteiger charge is 2.34. The van der Waals surface area contributed by atoms with Crippen molar-refractivity contribution in [2.45, 2.75) is 65.3 Å². The SMILES string of the molecule is COc1cc(CCC(=O)C(C)(C)C(=O)CCc2cc(CN3CCCCC3)c(O)c(OC)c2)ccc1O. The monoisotopic (exact) mass is 497 g/mol. The first-order valence-electron chi connectivity index (χ1n) is 12.7. The fraction of sp³-hybridized carbons (Fsp3) is 0.517. The van der Waals surface area contributed by atoms with Crippen LogP contribution in [0.5, 0.6) is 23.0 Å². The van der Waals surface area contributed by atoms with Gasteiger partial charge in [-0.05, 0) is 81.9 Å². The predicted molar refractivity (Wildman–Crippen MR) is 139 cm³/mol. The van der Waals surface area contributed by atoms with Gasteiger partial charge in [0.25, 0.3) is 0 Å². The summed E-state index contributed by atoms with van der Waals surface area (Å²) in [7, 11) is 3.01. The van der Waals surface area contributed by atoms with Crippen LogP contribution in [0, 0.1) is 5.41 Å². The van der Waals surface area contributed by atoms with Crippen LogP contribution in [0.2, 0.25) is 0 Å². The zero-order valence-corrected chi connectivity index (χ0v) is 21.9. The number of piperidine rings is 1. The minimum Gasteiger partial charge on any atom is -0.504 e. The first-order valence-corrected chi connectivity index (χ1v) is 12.7. The fourth-order valence-corrected chi connectivity index (χ4v) is 4.68. The van der Waals surface area contributed by atoms with Crippen molar-refractivity contribution in [1.29, 1.82) is 0 Å². The average molecular weight is 498 g/mol. The molecule has 0 unspecified atom stereocenters. The highest BCUT2D eigenvalue weighted by atomic mass is 16.5. The number of carbonyl (C=O) groups excluding carboxylic acids is 2. The Kier molecular flexibility index (Phi) is 9.37. The summed E-state index contributed by atoms with van der Waals surface area (Å²) in [6, 6.07) is 8.72. The molecule has 0 spiro atoms. The van der Waals surface area contributed by atoms with Gasteiger partial charge >= 0.3 is 0 Å². The van der Waals surface area contributed by atoms with Crippen molar-refractivity contribution >= 4 is 11.6 Å². The van der Waals surface area contributed by atoms with Crippen LogP contribution < -0.4 is 9.47 Å². The van der Waals surface area contributed by atoms with Crippen molar-refractivity contribution in [3.8, 4) is 23.0 Å². The molecule has 7 heteroatoms. The van der Waals surface area contributed by atoms with E-state index in [4.69, 9.17) is 9.47 Å². The van der Waals surface area contributed by atoms with Gasteiger partial charge in [-0.2, -0.15) is 0 Å². The van der Waals surface area contributed by atoms with Crippen LogP contribution in [0.1, 0.15) is 62.6 Å². The summed E-state index contributed by atoms with van der Waals surface area (Å²) in [6.45, 7) is 6.05. The van der Waals surface area contributed by atoms with Crippen LogP contribution in [0.25, 0.3) is 0 Å². The lowest BCUT2D eigenvalue weighted by atomic mass is 9.79. The number of likely N-dealkylation sites (tertiary alicyclic amines) is 1. The number of ether oxygens (including phenoxy) is 2. The normalized spacial score (nSPS) is 14.4. The van der Waals surface area contributed by atoms with Gasteiger partial charge in [0.05, 0.1) is 19.6 Å². The van der Waals surface area contributed by atoms with Gasteiger partial charge in [-0.1, -0.05) is 18.6 Å². The molecule has 1 aliphatic rings. The van der Waals surface area contributed by atoms with Gasteiger partial charge in [0.2, 0.25) is 0 Å². The summed E-state index contributed by atoms with van der Waals surface area (Å²) in [5, 5.41) is 20.4. The van der Waals surface area contributed by atoms with Crippen molar-refractivity contribution in [2.75, 3.05) is 27.3 Å². The molecule has 1 heterocycles. The number of rotatable bonds is 12. The second-order valence-electron chi connectivity index (χ2n) is 10.1. The van der Waals surface area contributed by atoms with E-state index in [9.17, 15) is 19.8 Å². The molecule has 2 aromatic carbocycles. The third-order valence-corrected chi connectivity index (χ3v) is 7.20. The van der Waals surface area contributed by atoms with Crippen molar-refractivity contribution in [3.05, 3.63) is 47.0 Å². The quantitative estimate of drug-likeness (QED) is 0.406. The molecule has 0 aromatic heterocycles. The Labute approximate surface area is 214 Å². The van der Waals surface area contributed by atoms with Crippen molar-refractivity contribution < 1.29 is 29.3 Å². The summed E-state index contributed by atoms with van der Waals surface area (Å²) >= 11 is 0. The zero-order valence-electron chi connectivity index (χ0n) is 21.9. The summed E-state index contributed by atoms with van der Waals surface area (Å²) in [4.78, 5) is 28.4. The molecule has 1 fully saturated rings. The molecule has 2 N–H and O–H groups in total. The van der Waals surface area contributed by atoms with E-state index < -0.39 is 5.41 Å². The van der Waals surface area contributed by atoms with Gasteiger partial charge in [0.1, 0.15) is 11.6 Å². The molecule has 3 rings (SSSR count). The molecule has 7 nitrogen and oxygen atoms in total. The average Bonchev–Trinajstić information content (AvgIpc) is 2.88. The number of carbonyl (C=O) groups is 2. The molecule has 1 aliphatic heterocycles. The van der Waals surface area contributed by atoms with Gasteiger partial charge < -0.3 is 19.7 Å². The van der Waals surface area contributed by atoms with E-state index in [1.54, 1.807) is 38.1 Å². The number of methoxy groups -OCH3 is 2. The highest BCUT2D eigenvalue weighted by molar-refractivity contribution is 6.06. The number of benzene rings is 2. The maximum absolute atomic E-state index is 13.1. The Morgan fingerprint density at radius 2 is 1.44 bits per heavy atom. The van der Waals surface area contributed by atoms with Crippen LogP contribution in [0.15, 0.2) is 30.3 Å². The minimum absolute atomic E-state index is 0.0491. The van der Waals surface area contributed by atoms with E-state index in [2.05, 4.69) is 4.90 Å². The second-order valence-corrected chi connectivity index (χ2v) is 10.1. The van der Waals surface area contributed by atoms with E-state index in [1.165, 1.54) is 20.6 Å². The molecule has 0 saturated carbocycles. The Morgan fingerprint density at radius 1 is 0.861 bits per heavy atom. The first-order chi connectivity index (χ1) is 17.1. The Morgan fingerprint density at radius 3 is 2.06 bits per heavy atom. The van der Waals surface area contributed by atoms with E-state index in [1.807, 2.05) is 6.07 Å². The molecule has 0 radical (unpaired) electrons. The zero-order chi connectivity index (χ0) is 26.3. The first kappa shape index (κ1) is 27.5. The molecular weight excluding hydrogens is 458 g/mol. The number of aryl methyl sites for hydroxylation is 2. The lowest BCUT2D eigenvalue weighted by molar-refractivity contribution is -0.138. The lowest BCUT2D eigenvalue weighted by Crippen LogP contribution is -2.34.